The van der Waals surface area contributed by atoms with E-state index in [1.165, 1.54) is 37.9 Å². The minimum atomic E-state index is -0.709. The van der Waals surface area contributed by atoms with Crippen molar-refractivity contribution >= 4 is 11.8 Å². The lowest BCUT2D eigenvalue weighted by Gasteiger charge is -2.52. The zero-order valence-corrected chi connectivity index (χ0v) is 16.0. The van der Waals surface area contributed by atoms with Crippen molar-refractivity contribution < 1.29 is 9.84 Å². The van der Waals surface area contributed by atoms with Crippen LogP contribution in [0.4, 0.5) is 0 Å². The van der Waals surface area contributed by atoms with Gasteiger partial charge in [0.1, 0.15) is 0 Å². The standard InChI is InChI=1S/C19H35NO2S/c1-15-7-11-22-16(13-15)17(18(2,3)21)20-10-12-23-19(14-20)8-5-4-6-9-19/h15-17,21H,4-14H2,1-3H3/t15-,16+,17+/m0/s1. The molecule has 0 aromatic carbocycles. The van der Waals surface area contributed by atoms with Crippen LogP contribution in [0.3, 0.4) is 0 Å². The summed E-state index contributed by atoms with van der Waals surface area (Å²) < 4.78 is 6.60. The molecular formula is C19H35NO2S. The van der Waals surface area contributed by atoms with Gasteiger partial charge in [0, 0.05) is 30.2 Å². The second-order valence-corrected chi connectivity index (χ2v) is 10.3. The van der Waals surface area contributed by atoms with Gasteiger partial charge in [-0.3, -0.25) is 4.90 Å². The number of nitrogens with zero attached hydrogens (tertiary/aromatic N) is 1. The third-order valence-electron chi connectivity index (χ3n) is 6.09. The Labute approximate surface area is 146 Å². The van der Waals surface area contributed by atoms with E-state index in [-0.39, 0.29) is 12.1 Å². The van der Waals surface area contributed by atoms with Gasteiger partial charge in [0.2, 0.25) is 0 Å². The van der Waals surface area contributed by atoms with Gasteiger partial charge in [0.15, 0.2) is 0 Å². The molecule has 3 rings (SSSR count). The molecule has 1 aliphatic carbocycles. The third kappa shape index (κ3) is 4.26. The van der Waals surface area contributed by atoms with Crippen molar-refractivity contribution in [3.63, 3.8) is 0 Å². The number of hydrogen-bond donors (Lipinski definition) is 1. The van der Waals surface area contributed by atoms with Crippen LogP contribution in [0.15, 0.2) is 0 Å². The highest BCUT2D eigenvalue weighted by atomic mass is 32.2. The Morgan fingerprint density at radius 1 is 1.26 bits per heavy atom. The molecule has 0 unspecified atom stereocenters. The number of ether oxygens (including phenoxy) is 1. The Morgan fingerprint density at radius 2 is 2.00 bits per heavy atom. The number of hydrogen-bond acceptors (Lipinski definition) is 4. The van der Waals surface area contributed by atoms with Gasteiger partial charge in [-0.25, -0.2) is 0 Å². The molecule has 2 aliphatic heterocycles. The van der Waals surface area contributed by atoms with Crippen LogP contribution in [0.2, 0.25) is 0 Å². The van der Waals surface area contributed by atoms with E-state index in [1.807, 2.05) is 13.8 Å². The molecule has 0 aromatic rings. The Balaban J connectivity index is 1.76. The van der Waals surface area contributed by atoms with E-state index in [0.29, 0.717) is 10.7 Å². The van der Waals surface area contributed by atoms with Gasteiger partial charge >= 0.3 is 0 Å². The molecule has 3 aliphatic rings. The fourth-order valence-corrected chi connectivity index (χ4v) is 6.56. The maximum atomic E-state index is 10.9. The normalized spacial score (nSPS) is 34.4. The quantitative estimate of drug-likeness (QED) is 0.848. The molecule has 1 spiro atoms. The van der Waals surface area contributed by atoms with E-state index in [1.54, 1.807) is 0 Å². The number of thioether (sulfide) groups is 1. The summed E-state index contributed by atoms with van der Waals surface area (Å²) in [5, 5.41) is 10.9. The van der Waals surface area contributed by atoms with Gasteiger partial charge in [-0.2, -0.15) is 11.8 Å². The largest absolute Gasteiger partial charge is 0.389 e. The second-order valence-electron chi connectivity index (χ2n) is 8.70. The fraction of sp³-hybridized carbons (Fsp3) is 1.00. The van der Waals surface area contributed by atoms with Crippen LogP contribution >= 0.6 is 11.8 Å². The molecule has 3 nitrogen and oxygen atoms in total. The molecule has 3 fully saturated rings. The van der Waals surface area contributed by atoms with E-state index in [4.69, 9.17) is 4.74 Å². The van der Waals surface area contributed by atoms with Crippen molar-refractivity contribution in [1.82, 2.24) is 4.90 Å². The minimum Gasteiger partial charge on any atom is -0.389 e. The highest BCUT2D eigenvalue weighted by Crippen LogP contribution is 2.44. The summed E-state index contributed by atoms with van der Waals surface area (Å²) in [7, 11) is 0. The van der Waals surface area contributed by atoms with Crippen LogP contribution in [-0.4, -0.2) is 57.9 Å². The molecule has 4 heteroatoms. The van der Waals surface area contributed by atoms with Crippen LogP contribution in [0, 0.1) is 5.92 Å². The van der Waals surface area contributed by atoms with Crippen LogP contribution in [0.1, 0.15) is 65.7 Å². The highest BCUT2D eigenvalue weighted by Gasteiger charge is 2.46. The van der Waals surface area contributed by atoms with Gasteiger partial charge in [0.05, 0.1) is 17.7 Å². The summed E-state index contributed by atoms with van der Waals surface area (Å²) in [5.41, 5.74) is -0.709. The molecule has 1 saturated carbocycles. The van der Waals surface area contributed by atoms with Crippen LogP contribution in [0.25, 0.3) is 0 Å². The molecule has 134 valence electrons. The van der Waals surface area contributed by atoms with Gasteiger partial charge in [0.25, 0.3) is 0 Å². The second kappa shape index (κ2) is 7.23. The molecule has 0 amide bonds. The summed E-state index contributed by atoms with van der Waals surface area (Å²) in [4.78, 5) is 2.59. The Morgan fingerprint density at radius 3 is 2.65 bits per heavy atom. The van der Waals surface area contributed by atoms with E-state index in [0.717, 1.165) is 32.5 Å². The summed E-state index contributed by atoms with van der Waals surface area (Å²) in [6.45, 7) is 9.37. The van der Waals surface area contributed by atoms with Crippen molar-refractivity contribution in [2.24, 2.45) is 5.92 Å². The monoisotopic (exact) mass is 341 g/mol. The first-order valence-corrected chi connectivity index (χ1v) is 10.6. The predicted octanol–water partition coefficient (Wildman–Crippen LogP) is 3.69. The summed E-state index contributed by atoms with van der Waals surface area (Å²) >= 11 is 2.20. The van der Waals surface area contributed by atoms with Crippen molar-refractivity contribution in [2.45, 2.75) is 88.2 Å². The molecule has 3 atom stereocenters. The number of aliphatic hydroxyl groups is 1. The topological polar surface area (TPSA) is 32.7 Å². The maximum Gasteiger partial charge on any atom is 0.0771 e. The average molecular weight is 342 g/mol. The smallest absolute Gasteiger partial charge is 0.0771 e. The minimum absolute atomic E-state index is 0.130. The summed E-state index contributed by atoms with van der Waals surface area (Å²) in [6.07, 6.45) is 9.31. The van der Waals surface area contributed by atoms with Crippen LogP contribution < -0.4 is 0 Å². The lowest BCUT2D eigenvalue weighted by atomic mass is 9.83. The first kappa shape index (κ1) is 18.0. The Hall–Kier alpha value is 0.230. The molecule has 0 bridgehead atoms. The Kier molecular flexibility index (Phi) is 5.67. The van der Waals surface area contributed by atoms with Crippen LogP contribution in [-0.2, 0) is 4.74 Å². The van der Waals surface area contributed by atoms with Gasteiger partial charge in [-0.1, -0.05) is 26.2 Å². The first-order valence-electron chi connectivity index (χ1n) is 9.62. The van der Waals surface area contributed by atoms with E-state index in [9.17, 15) is 5.11 Å². The zero-order chi connectivity index (χ0) is 16.5. The van der Waals surface area contributed by atoms with Gasteiger partial charge in [-0.05, 0) is 45.4 Å². The van der Waals surface area contributed by atoms with Crippen LogP contribution in [0.5, 0.6) is 0 Å². The predicted molar refractivity (Wildman–Crippen MR) is 98.1 cm³/mol. The fourth-order valence-electron chi connectivity index (χ4n) is 4.97. The lowest BCUT2D eigenvalue weighted by Crippen LogP contribution is -2.62. The van der Waals surface area contributed by atoms with Crippen molar-refractivity contribution in [3.8, 4) is 0 Å². The highest BCUT2D eigenvalue weighted by molar-refractivity contribution is 8.00. The van der Waals surface area contributed by atoms with Crippen molar-refractivity contribution in [2.75, 3.05) is 25.4 Å². The third-order valence-corrected chi connectivity index (χ3v) is 7.63. The van der Waals surface area contributed by atoms with E-state index >= 15 is 0 Å². The molecule has 23 heavy (non-hydrogen) atoms. The van der Waals surface area contributed by atoms with Crippen molar-refractivity contribution in [3.05, 3.63) is 0 Å². The molecule has 2 heterocycles. The molecule has 2 saturated heterocycles. The molecule has 1 N–H and O–H groups in total. The van der Waals surface area contributed by atoms with Gasteiger partial charge < -0.3 is 9.84 Å². The number of rotatable bonds is 3. The molecule has 0 radical (unpaired) electrons. The summed E-state index contributed by atoms with van der Waals surface area (Å²) in [6, 6.07) is 0.130. The van der Waals surface area contributed by atoms with Crippen molar-refractivity contribution in [1.29, 1.82) is 0 Å². The van der Waals surface area contributed by atoms with E-state index < -0.39 is 5.60 Å². The SMILES string of the molecule is C[C@H]1CCO[C@@H]([C@@H](N2CCSC3(CCCCC3)C2)C(C)(C)O)C1. The first-order chi connectivity index (χ1) is 10.9. The maximum absolute atomic E-state index is 10.9. The van der Waals surface area contributed by atoms with E-state index in [2.05, 4.69) is 23.6 Å². The summed E-state index contributed by atoms with van der Waals surface area (Å²) in [5.74, 6) is 1.91. The van der Waals surface area contributed by atoms with Gasteiger partial charge in [-0.15, -0.1) is 0 Å². The zero-order valence-electron chi connectivity index (χ0n) is 15.2. The molecular weight excluding hydrogens is 306 g/mol. The Bertz CT molecular complexity index is 384. The lowest BCUT2D eigenvalue weighted by molar-refractivity contribution is -0.123. The average Bonchev–Trinajstić information content (AvgIpc) is 2.47. The molecule has 0 aromatic heterocycles.